The minimum atomic E-state index is -1.06. The summed E-state index contributed by atoms with van der Waals surface area (Å²) in [5, 5.41) is 1.59. The molecule has 0 N–H and O–H groups in total. The Labute approximate surface area is 126 Å². The van der Waals surface area contributed by atoms with Gasteiger partial charge >= 0.3 is 0 Å². The van der Waals surface area contributed by atoms with Crippen molar-refractivity contribution in [2.75, 3.05) is 0 Å². The second-order valence-electron chi connectivity index (χ2n) is 4.84. The predicted octanol–water partition coefficient (Wildman–Crippen LogP) is -2.92. The van der Waals surface area contributed by atoms with Crippen molar-refractivity contribution in [3.63, 3.8) is 0 Å². The van der Waals surface area contributed by atoms with Crippen molar-refractivity contribution in [1.29, 1.82) is 0 Å². The summed E-state index contributed by atoms with van der Waals surface area (Å²) in [7, 11) is -1.06. The summed E-state index contributed by atoms with van der Waals surface area (Å²) in [4.78, 5) is 0. The molecular weight excluding hydrogens is 410 g/mol. The maximum atomic E-state index is 2.40. The molecule has 0 atom stereocenters. The van der Waals surface area contributed by atoms with Gasteiger partial charge in [0.25, 0.3) is 0 Å². The minimum Gasteiger partial charge on any atom is -1.00 e. The Balaban J connectivity index is -0.000000480. The van der Waals surface area contributed by atoms with Crippen LogP contribution >= 0.6 is 0 Å². The van der Waals surface area contributed by atoms with Crippen molar-refractivity contribution < 1.29 is 50.7 Å². The topological polar surface area (TPSA) is 0 Å². The summed E-state index contributed by atoms with van der Waals surface area (Å²) < 4.78 is 0. The maximum absolute atomic E-state index is 2.40. The molecule has 1 aromatic carbocycles. The van der Waals surface area contributed by atoms with Crippen LogP contribution in [-0.4, -0.2) is 8.07 Å². The van der Waals surface area contributed by atoms with Crippen LogP contribution < -0.4 is 30.0 Å². The normalized spacial score (nSPS) is 10.0. The van der Waals surface area contributed by atoms with E-state index >= 15 is 0 Å². The van der Waals surface area contributed by atoms with Crippen LogP contribution in [0, 0.1) is 0 Å². The van der Waals surface area contributed by atoms with Crippen molar-refractivity contribution >= 4 is 13.3 Å². The third kappa shape index (κ3) is 6.35. The SMILES string of the molecule is CC(C)c1cc([Si](C)(C)C)c[cH-]1.[Cl-].[Cl-].[Hf]. The maximum Gasteiger partial charge on any atom is 0.00393 e. The predicted molar refractivity (Wildman–Crippen MR) is 59.1 cm³/mol. The summed E-state index contributed by atoms with van der Waals surface area (Å²) >= 11 is 0. The number of rotatable bonds is 2. The van der Waals surface area contributed by atoms with Crippen molar-refractivity contribution in [3.8, 4) is 0 Å². The molecule has 0 aromatic heterocycles. The Bertz CT molecular complexity index is 264. The second kappa shape index (κ2) is 8.16. The Morgan fingerprint density at radius 2 is 1.60 bits per heavy atom. The summed E-state index contributed by atoms with van der Waals surface area (Å²) in [6.45, 7) is 11.7. The van der Waals surface area contributed by atoms with E-state index in [2.05, 4.69) is 51.7 Å². The van der Waals surface area contributed by atoms with Gasteiger partial charge in [-0.3, -0.25) is 0 Å². The van der Waals surface area contributed by atoms with Crippen LogP contribution in [0.1, 0.15) is 25.3 Å². The summed E-state index contributed by atoms with van der Waals surface area (Å²) in [5.74, 6) is 0.676. The van der Waals surface area contributed by atoms with E-state index in [1.807, 2.05) is 0 Å². The number of halogens is 2. The van der Waals surface area contributed by atoms with Gasteiger partial charge in [0.15, 0.2) is 0 Å². The van der Waals surface area contributed by atoms with E-state index in [1.54, 1.807) is 5.19 Å². The molecule has 0 fully saturated rings. The summed E-state index contributed by atoms with van der Waals surface area (Å²) in [6.07, 6.45) is 0. The fourth-order valence-electron chi connectivity index (χ4n) is 1.29. The van der Waals surface area contributed by atoms with E-state index < -0.39 is 8.07 Å². The summed E-state index contributed by atoms with van der Waals surface area (Å²) in [6, 6.07) is 6.97. The fraction of sp³-hybridized carbons (Fsp3) is 0.545. The molecule has 0 bridgehead atoms. The van der Waals surface area contributed by atoms with Crippen molar-refractivity contribution in [3.05, 3.63) is 23.8 Å². The number of hydrogen-bond donors (Lipinski definition) is 0. The van der Waals surface area contributed by atoms with Gasteiger partial charge in [-0.25, -0.2) is 11.3 Å². The Kier molecular flexibility index (Phi) is 11.6. The average molecular weight is 429 g/mol. The first-order chi connectivity index (χ1) is 5.41. The molecule has 4 heteroatoms. The summed E-state index contributed by atoms with van der Waals surface area (Å²) in [5.41, 5.74) is 1.49. The largest absolute Gasteiger partial charge is 1.00 e. The van der Waals surface area contributed by atoms with E-state index in [0.717, 1.165) is 0 Å². The van der Waals surface area contributed by atoms with E-state index in [1.165, 1.54) is 5.56 Å². The van der Waals surface area contributed by atoms with Gasteiger partial charge < -0.3 is 24.8 Å². The third-order valence-electron chi connectivity index (χ3n) is 2.31. The molecule has 0 unspecified atom stereocenters. The van der Waals surface area contributed by atoms with Crippen LogP contribution in [0.4, 0.5) is 0 Å². The van der Waals surface area contributed by atoms with Gasteiger partial charge in [0.1, 0.15) is 0 Å². The molecule has 0 saturated carbocycles. The quantitative estimate of drug-likeness (QED) is 0.350. The standard InChI is InChI=1S/C11H19Si.2ClH.Hf/c1-9(2)10-6-7-11(8-10)12(3,4)5;;;/h6-9H,1-5H3;2*1H;/q-1;;;/p-2. The Morgan fingerprint density at radius 1 is 1.13 bits per heavy atom. The van der Waals surface area contributed by atoms with Gasteiger partial charge in [-0.15, -0.1) is 0 Å². The Hall–Kier alpha value is 1.02. The monoisotopic (exact) mass is 429 g/mol. The molecule has 0 saturated heterocycles. The van der Waals surface area contributed by atoms with Crippen molar-refractivity contribution in [2.45, 2.75) is 39.4 Å². The van der Waals surface area contributed by atoms with Gasteiger partial charge in [0.2, 0.25) is 0 Å². The number of hydrogen-bond acceptors (Lipinski definition) is 0. The average Bonchev–Trinajstić information content (AvgIpc) is 2.30. The zero-order valence-corrected chi connectivity index (χ0v) is 16.2. The fourth-order valence-corrected chi connectivity index (χ4v) is 2.47. The molecule has 88 valence electrons. The van der Waals surface area contributed by atoms with E-state index in [-0.39, 0.29) is 50.7 Å². The molecule has 0 aliphatic rings. The van der Waals surface area contributed by atoms with Gasteiger partial charge in [-0.05, 0) is 5.92 Å². The van der Waals surface area contributed by atoms with Crippen LogP contribution in [0.25, 0.3) is 0 Å². The van der Waals surface area contributed by atoms with Crippen LogP contribution in [0.5, 0.6) is 0 Å². The van der Waals surface area contributed by atoms with E-state index in [0.29, 0.717) is 5.92 Å². The molecule has 15 heavy (non-hydrogen) atoms. The van der Waals surface area contributed by atoms with Crippen molar-refractivity contribution in [2.24, 2.45) is 0 Å². The van der Waals surface area contributed by atoms with Crippen molar-refractivity contribution in [1.82, 2.24) is 0 Å². The molecule has 0 amide bonds. The third-order valence-corrected chi connectivity index (χ3v) is 4.35. The van der Waals surface area contributed by atoms with Crippen LogP contribution in [0.2, 0.25) is 19.6 Å². The first-order valence-corrected chi connectivity index (χ1v) is 8.18. The zero-order chi connectivity index (χ0) is 9.35. The molecular formula is C11H19Cl2HfSi-3. The Morgan fingerprint density at radius 3 is 1.80 bits per heavy atom. The molecule has 0 aliphatic heterocycles. The zero-order valence-electron chi connectivity index (χ0n) is 10.1. The first-order valence-electron chi connectivity index (χ1n) is 4.68. The van der Waals surface area contributed by atoms with Gasteiger partial charge in [-0.2, -0.15) is 17.7 Å². The van der Waals surface area contributed by atoms with Gasteiger partial charge in [0, 0.05) is 33.9 Å². The molecule has 1 rings (SSSR count). The van der Waals surface area contributed by atoms with Crippen LogP contribution in [0.15, 0.2) is 18.2 Å². The van der Waals surface area contributed by atoms with Gasteiger partial charge in [0.05, 0.1) is 0 Å². The van der Waals surface area contributed by atoms with E-state index in [4.69, 9.17) is 0 Å². The smallest absolute Gasteiger partial charge is 0.00393 e. The molecule has 0 heterocycles. The molecule has 1 aromatic rings. The van der Waals surface area contributed by atoms with Crippen LogP contribution in [-0.2, 0) is 25.8 Å². The molecule has 0 nitrogen and oxygen atoms in total. The van der Waals surface area contributed by atoms with Gasteiger partial charge in [-0.1, -0.05) is 33.5 Å². The first kappa shape index (κ1) is 21.3. The molecule has 0 radical (unpaired) electrons. The second-order valence-corrected chi connectivity index (χ2v) is 9.92. The molecule has 0 aliphatic carbocycles. The minimum absolute atomic E-state index is 0. The van der Waals surface area contributed by atoms with Crippen LogP contribution in [0.3, 0.4) is 0 Å². The van der Waals surface area contributed by atoms with E-state index in [9.17, 15) is 0 Å². The molecule has 0 spiro atoms.